The second-order valence-corrected chi connectivity index (χ2v) is 8.18. The maximum Gasteiger partial charge on any atom is 0.228 e. The molecular formula is C19H28N2O2S. The van der Waals surface area contributed by atoms with E-state index < -0.39 is 0 Å². The molecule has 2 rings (SSSR count). The Hall–Kier alpha value is -1.49. The predicted molar refractivity (Wildman–Crippen MR) is 99.2 cm³/mol. The highest BCUT2D eigenvalue weighted by molar-refractivity contribution is 7.98. The van der Waals surface area contributed by atoms with Gasteiger partial charge in [-0.05, 0) is 30.4 Å². The molecule has 1 aromatic carbocycles. The SMILES string of the molecule is CSc1ccc(CC(=O)N2CCCN(C(=O)C(C)(C)C)CC2)cc1. The predicted octanol–water partition coefficient (Wildman–Crippen LogP) is 3.06. The van der Waals surface area contributed by atoms with Gasteiger partial charge < -0.3 is 9.80 Å². The molecule has 132 valence electrons. The van der Waals surface area contributed by atoms with E-state index in [0.717, 1.165) is 25.1 Å². The van der Waals surface area contributed by atoms with E-state index in [1.807, 2.05) is 49.0 Å². The van der Waals surface area contributed by atoms with Gasteiger partial charge in [0.1, 0.15) is 0 Å². The van der Waals surface area contributed by atoms with E-state index in [0.29, 0.717) is 19.5 Å². The molecule has 0 aliphatic carbocycles. The highest BCUT2D eigenvalue weighted by Crippen LogP contribution is 2.19. The van der Waals surface area contributed by atoms with Crippen molar-refractivity contribution >= 4 is 23.6 Å². The Morgan fingerprint density at radius 1 is 1.00 bits per heavy atom. The van der Waals surface area contributed by atoms with Crippen molar-refractivity contribution in [2.45, 2.75) is 38.5 Å². The molecule has 1 heterocycles. The molecule has 24 heavy (non-hydrogen) atoms. The first-order valence-electron chi connectivity index (χ1n) is 8.51. The number of thioether (sulfide) groups is 1. The number of carbonyl (C=O) groups excluding carboxylic acids is 2. The lowest BCUT2D eigenvalue weighted by Crippen LogP contribution is -2.42. The molecule has 1 fully saturated rings. The lowest BCUT2D eigenvalue weighted by molar-refractivity contribution is -0.139. The first kappa shape index (κ1) is 18.8. The zero-order chi connectivity index (χ0) is 17.7. The summed E-state index contributed by atoms with van der Waals surface area (Å²) in [5.74, 6) is 0.321. The standard InChI is InChI=1S/C19H28N2O2S/c1-19(2,3)18(23)21-11-5-10-20(12-13-21)17(22)14-15-6-8-16(24-4)9-7-15/h6-9H,5,10-14H2,1-4H3. The molecule has 1 saturated heterocycles. The molecule has 1 aromatic rings. The van der Waals surface area contributed by atoms with E-state index in [4.69, 9.17) is 0 Å². The monoisotopic (exact) mass is 348 g/mol. The summed E-state index contributed by atoms with van der Waals surface area (Å²) in [5, 5.41) is 0. The number of rotatable bonds is 3. The molecule has 4 nitrogen and oxygen atoms in total. The van der Waals surface area contributed by atoms with Gasteiger partial charge in [0.05, 0.1) is 6.42 Å². The summed E-state index contributed by atoms with van der Waals surface area (Å²) in [5.41, 5.74) is 0.683. The van der Waals surface area contributed by atoms with Gasteiger partial charge in [-0.25, -0.2) is 0 Å². The second-order valence-electron chi connectivity index (χ2n) is 7.30. The molecule has 5 heteroatoms. The van der Waals surface area contributed by atoms with Crippen molar-refractivity contribution in [1.82, 2.24) is 9.80 Å². The van der Waals surface area contributed by atoms with Crippen LogP contribution in [0, 0.1) is 5.41 Å². The number of carbonyl (C=O) groups is 2. The lowest BCUT2D eigenvalue weighted by Gasteiger charge is -2.28. The molecule has 0 unspecified atom stereocenters. The maximum absolute atomic E-state index is 12.6. The van der Waals surface area contributed by atoms with Gasteiger partial charge in [-0.2, -0.15) is 0 Å². The average Bonchev–Trinajstić information content (AvgIpc) is 2.80. The zero-order valence-corrected chi connectivity index (χ0v) is 16.0. The van der Waals surface area contributed by atoms with Crippen LogP contribution in [-0.2, 0) is 16.0 Å². The van der Waals surface area contributed by atoms with Crippen LogP contribution in [0.25, 0.3) is 0 Å². The fourth-order valence-corrected chi connectivity index (χ4v) is 3.28. The quantitative estimate of drug-likeness (QED) is 0.788. The summed E-state index contributed by atoms with van der Waals surface area (Å²) >= 11 is 1.70. The molecule has 0 radical (unpaired) electrons. The Morgan fingerprint density at radius 2 is 1.58 bits per heavy atom. The topological polar surface area (TPSA) is 40.6 Å². The van der Waals surface area contributed by atoms with Crippen LogP contribution in [0.1, 0.15) is 32.8 Å². The van der Waals surface area contributed by atoms with Gasteiger partial charge in [0.15, 0.2) is 0 Å². The van der Waals surface area contributed by atoms with Gasteiger partial charge in [0, 0.05) is 36.5 Å². The van der Waals surface area contributed by atoms with E-state index >= 15 is 0 Å². The summed E-state index contributed by atoms with van der Waals surface area (Å²) in [4.78, 5) is 30.0. The first-order chi connectivity index (χ1) is 11.3. The summed E-state index contributed by atoms with van der Waals surface area (Å²) < 4.78 is 0. The molecule has 0 saturated carbocycles. The molecule has 1 aliphatic heterocycles. The summed E-state index contributed by atoms with van der Waals surface area (Å²) in [6.45, 7) is 8.57. The molecule has 0 aromatic heterocycles. The maximum atomic E-state index is 12.6. The molecule has 0 spiro atoms. The Morgan fingerprint density at radius 3 is 2.17 bits per heavy atom. The highest BCUT2D eigenvalue weighted by atomic mass is 32.2. The Balaban J connectivity index is 1.92. The van der Waals surface area contributed by atoms with Crippen molar-refractivity contribution in [3.05, 3.63) is 29.8 Å². The van der Waals surface area contributed by atoms with E-state index in [9.17, 15) is 9.59 Å². The minimum atomic E-state index is -0.363. The van der Waals surface area contributed by atoms with E-state index in [2.05, 4.69) is 12.1 Å². The van der Waals surface area contributed by atoms with Crippen LogP contribution in [0.3, 0.4) is 0 Å². The van der Waals surface area contributed by atoms with Gasteiger partial charge in [-0.1, -0.05) is 32.9 Å². The van der Waals surface area contributed by atoms with Crippen LogP contribution < -0.4 is 0 Å². The lowest BCUT2D eigenvalue weighted by atomic mass is 9.94. The Kier molecular flexibility index (Phi) is 6.33. The Labute approximate surface area is 149 Å². The zero-order valence-electron chi connectivity index (χ0n) is 15.2. The minimum Gasteiger partial charge on any atom is -0.341 e. The van der Waals surface area contributed by atoms with Gasteiger partial charge in [0.2, 0.25) is 11.8 Å². The smallest absolute Gasteiger partial charge is 0.228 e. The van der Waals surface area contributed by atoms with Crippen molar-refractivity contribution in [3.63, 3.8) is 0 Å². The van der Waals surface area contributed by atoms with Crippen molar-refractivity contribution in [2.24, 2.45) is 5.41 Å². The highest BCUT2D eigenvalue weighted by Gasteiger charge is 2.29. The molecule has 0 N–H and O–H groups in total. The van der Waals surface area contributed by atoms with Crippen LogP contribution >= 0.6 is 11.8 Å². The second kappa shape index (κ2) is 8.06. The largest absolute Gasteiger partial charge is 0.341 e. The van der Waals surface area contributed by atoms with Gasteiger partial charge >= 0.3 is 0 Å². The van der Waals surface area contributed by atoms with Crippen LogP contribution in [0.4, 0.5) is 0 Å². The number of nitrogens with zero attached hydrogens (tertiary/aromatic N) is 2. The van der Waals surface area contributed by atoms with E-state index in [1.165, 1.54) is 4.90 Å². The third kappa shape index (κ3) is 5.00. The van der Waals surface area contributed by atoms with Gasteiger partial charge in [0.25, 0.3) is 0 Å². The number of benzene rings is 1. The summed E-state index contributed by atoms with van der Waals surface area (Å²) in [6.07, 6.45) is 3.32. The molecule has 0 bridgehead atoms. The van der Waals surface area contributed by atoms with Crippen molar-refractivity contribution in [2.75, 3.05) is 32.4 Å². The average molecular weight is 349 g/mol. The summed E-state index contributed by atoms with van der Waals surface area (Å²) in [7, 11) is 0. The van der Waals surface area contributed by atoms with E-state index in [1.54, 1.807) is 11.8 Å². The normalized spacial score (nSPS) is 16.0. The van der Waals surface area contributed by atoms with Crippen molar-refractivity contribution in [1.29, 1.82) is 0 Å². The molecule has 0 atom stereocenters. The summed E-state index contributed by atoms with van der Waals surface area (Å²) in [6, 6.07) is 8.16. The fraction of sp³-hybridized carbons (Fsp3) is 0.579. The van der Waals surface area contributed by atoms with Crippen molar-refractivity contribution < 1.29 is 9.59 Å². The number of hydrogen-bond donors (Lipinski definition) is 0. The first-order valence-corrected chi connectivity index (χ1v) is 9.74. The minimum absolute atomic E-state index is 0.150. The molecule has 2 amide bonds. The third-order valence-corrected chi connectivity index (χ3v) is 5.04. The molecular weight excluding hydrogens is 320 g/mol. The van der Waals surface area contributed by atoms with E-state index in [-0.39, 0.29) is 17.2 Å². The van der Waals surface area contributed by atoms with Crippen LogP contribution in [0.15, 0.2) is 29.2 Å². The molecule has 1 aliphatic rings. The van der Waals surface area contributed by atoms with Gasteiger partial charge in [-0.15, -0.1) is 11.8 Å². The Bertz CT molecular complexity index is 578. The fourth-order valence-electron chi connectivity index (χ4n) is 2.87. The van der Waals surface area contributed by atoms with Gasteiger partial charge in [-0.3, -0.25) is 9.59 Å². The van der Waals surface area contributed by atoms with Crippen molar-refractivity contribution in [3.8, 4) is 0 Å². The number of hydrogen-bond acceptors (Lipinski definition) is 3. The third-order valence-electron chi connectivity index (χ3n) is 4.29. The van der Waals surface area contributed by atoms with Crippen LogP contribution in [0.2, 0.25) is 0 Å². The van der Waals surface area contributed by atoms with Crippen LogP contribution in [-0.4, -0.2) is 54.0 Å². The van der Waals surface area contributed by atoms with Crippen LogP contribution in [0.5, 0.6) is 0 Å². The number of amides is 2.